The Labute approximate surface area is 139 Å². The van der Waals surface area contributed by atoms with Crippen LogP contribution in [0.3, 0.4) is 0 Å². The third kappa shape index (κ3) is 2.86. The molecule has 0 bridgehead atoms. The summed E-state index contributed by atoms with van der Waals surface area (Å²) in [5.41, 5.74) is 1.52. The monoisotopic (exact) mass is 328 g/mol. The van der Waals surface area contributed by atoms with E-state index in [9.17, 15) is 9.59 Å². The zero-order chi connectivity index (χ0) is 17.2. The number of likely N-dealkylation sites (tertiary alicyclic amines) is 1. The molecule has 0 spiro atoms. The summed E-state index contributed by atoms with van der Waals surface area (Å²) >= 11 is 0. The molecule has 126 valence electrons. The fourth-order valence-electron chi connectivity index (χ4n) is 3.08. The van der Waals surface area contributed by atoms with E-state index in [2.05, 4.69) is 32.4 Å². The number of piperidine rings is 1. The molecule has 2 N–H and O–H groups in total. The number of nitrogens with one attached hydrogen (secondary N) is 2. The third-order valence-electron chi connectivity index (χ3n) is 4.65. The van der Waals surface area contributed by atoms with Crippen LogP contribution in [0, 0.1) is 0 Å². The second-order valence-corrected chi connectivity index (χ2v) is 6.18. The molecule has 1 fully saturated rings. The molecule has 8 heteroatoms. The minimum absolute atomic E-state index is 0.110. The van der Waals surface area contributed by atoms with Crippen LogP contribution >= 0.6 is 0 Å². The number of amides is 2. The van der Waals surface area contributed by atoms with Gasteiger partial charge in [-0.15, -0.1) is 0 Å². The number of aromatic amines is 1. The van der Waals surface area contributed by atoms with Gasteiger partial charge in [0.05, 0.1) is 23.7 Å². The first-order chi connectivity index (χ1) is 11.5. The molecule has 0 saturated carbocycles. The van der Waals surface area contributed by atoms with Crippen LogP contribution in [0.4, 0.5) is 0 Å². The zero-order valence-corrected chi connectivity index (χ0v) is 13.7. The van der Waals surface area contributed by atoms with Gasteiger partial charge < -0.3 is 10.2 Å². The Morgan fingerprint density at radius 2 is 2.00 bits per heavy atom. The molecular formula is C16H20N6O2. The number of nitrogens with zero attached hydrogens (tertiary/aromatic N) is 4. The molecule has 0 radical (unpaired) electrons. The zero-order valence-electron chi connectivity index (χ0n) is 13.7. The number of carbonyl (C=O) groups excluding carboxylic acids is 2. The van der Waals surface area contributed by atoms with Crippen LogP contribution in [0.25, 0.3) is 0 Å². The number of rotatable bonds is 3. The Kier molecular flexibility index (Phi) is 4.28. The van der Waals surface area contributed by atoms with Gasteiger partial charge in [-0.1, -0.05) is 6.92 Å². The lowest BCUT2D eigenvalue weighted by molar-refractivity contribution is 0.0665. The molecule has 0 atom stereocenters. The molecular weight excluding hydrogens is 308 g/mol. The maximum Gasteiger partial charge on any atom is 0.274 e. The van der Waals surface area contributed by atoms with Crippen LogP contribution in [0.1, 0.15) is 46.3 Å². The predicted octanol–water partition coefficient (Wildman–Crippen LogP) is 0.753. The average molecular weight is 328 g/mol. The van der Waals surface area contributed by atoms with Gasteiger partial charge in [-0.3, -0.25) is 19.7 Å². The van der Waals surface area contributed by atoms with Crippen molar-refractivity contribution in [2.45, 2.75) is 25.2 Å². The van der Waals surface area contributed by atoms with E-state index in [1.54, 1.807) is 24.3 Å². The number of hydrogen-bond donors (Lipinski definition) is 2. The highest BCUT2D eigenvalue weighted by molar-refractivity contribution is 5.95. The Morgan fingerprint density at radius 3 is 2.62 bits per heavy atom. The fraction of sp³-hybridized carbons (Fsp3) is 0.438. The molecule has 2 aromatic rings. The Hall–Kier alpha value is -2.77. The first-order valence-electron chi connectivity index (χ1n) is 7.86. The highest BCUT2D eigenvalue weighted by Crippen LogP contribution is 2.35. The van der Waals surface area contributed by atoms with Gasteiger partial charge in [0.2, 0.25) is 0 Å². The average Bonchev–Trinajstić information content (AvgIpc) is 3.12. The van der Waals surface area contributed by atoms with Crippen LogP contribution < -0.4 is 5.32 Å². The van der Waals surface area contributed by atoms with Gasteiger partial charge in [-0.2, -0.15) is 5.10 Å². The molecule has 3 rings (SSSR count). The van der Waals surface area contributed by atoms with Crippen molar-refractivity contribution >= 4 is 11.8 Å². The van der Waals surface area contributed by atoms with Crippen molar-refractivity contribution in [3.8, 4) is 0 Å². The number of aromatic nitrogens is 4. The van der Waals surface area contributed by atoms with E-state index in [1.165, 1.54) is 12.4 Å². The van der Waals surface area contributed by atoms with E-state index in [0.717, 1.165) is 18.5 Å². The predicted molar refractivity (Wildman–Crippen MR) is 86.5 cm³/mol. The van der Waals surface area contributed by atoms with E-state index in [1.807, 2.05) is 0 Å². The van der Waals surface area contributed by atoms with Crippen molar-refractivity contribution in [3.05, 3.63) is 41.7 Å². The second kappa shape index (κ2) is 6.38. The van der Waals surface area contributed by atoms with Gasteiger partial charge in [-0.25, -0.2) is 4.98 Å². The molecule has 1 aliphatic rings. The van der Waals surface area contributed by atoms with Gasteiger partial charge in [-0.05, 0) is 12.8 Å². The highest BCUT2D eigenvalue weighted by Gasteiger charge is 2.37. The summed E-state index contributed by atoms with van der Waals surface area (Å²) < 4.78 is 0. The van der Waals surface area contributed by atoms with Crippen molar-refractivity contribution in [3.63, 3.8) is 0 Å². The summed E-state index contributed by atoms with van der Waals surface area (Å²) in [7, 11) is 1.60. The minimum Gasteiger partial charge on any atom is -0.355 e. The molecule has 3 heterocycles. The molecule has 2 aromatic heterocycles. The lowest BCUT2D eigenvalue weighted by Gasteiger charge is -2.39. The third-order valence-corrected chi connectivity index (χ3v) is 4.65. The van der Waals surface area contributed by atoms with Crippen LogP contribution in [0.15, 0.2) is 24.8 Å². The minimum atomic E-state index is -0.225. The van der Waals surface area contributed by atoms with E-state index >= 15 is 0 Å². The number of hydrogen-bond acceptors (Lipinski definition) is 5. The van der Waals surface area contributed by atoms with Gasteiger partial charge in [0.25, 0.3) is 11.8 Å². The SMILES string of the molecule is CNC(=O)c1cn[nH]c1C1(C)CCN(C(=O)c2cnccn2)CC1. The quantitative estimate of drug-likeness (QED) is 0.865. The van der Waals surface area contributed by atoms with E-state index in [0.29, 0.717) is 24.3 Å². The van der Waals surface area contributed by atoms with Crippen molar-refractivity contribution in [1.82, 2.24) is 30.4 Å². The molecule has 0 aromatic carbocycles. The lowest BCUT2D eigenvalue weighted by atomic mass is 9.76. The van der Waals surface area contributed by atoms with Gasteiger partial charge >= 0.3 is 0 Å². The van der Waals surface area contributed by atoms with E-state index < -0.39 is 0 Å². The summed E-state index contributed by atoms with van der Waals surface area (Å²) in [6.07, 6.45) is 7.58. The summed E-state index contributed by atoms with van der Waals surface area (Å²) in [5, 5.41) is 9.63. The summed E-state index contributed by atoms with van der Waals surface area (Å²) in [4.78, 5) is 34.2. The van der Waals surface area contributed by atoms with Gasteiger partial charge in [0, 0.05) is 37.9 Å². The summed E-state index contributed by atoms with van der Waals surface area (Å²) in [6, 6.07) is 0. The fourth-order valence-corrected chi connectivity index (χ4v) is 3.08. The molecule has 24 heavy (non-hydrogen) atoms. The van der Waals surface area contributed by atoms with Crippen LogP contribution in [0.5, 0.6) is 0 Å². The molecule has 2 amide bonds. The second-order valence-electron chi connectivity index (χ2n) is 6.18. The highest BCUT2D eigenvalue weighted by atomic mass is 16.2. The molecule has 0 aliphatic carbocycles. The largest absolute Gasteiger partial charge is 0.355 e. The standard InChI is InChI=1S/C16H20N6O2/c1-16(13-11(9-20-21-13)14(23)17-2)3-7-22(8-4-16)15(24)12-10-18-5-6-19-12/h5-6,9-10H,3-4,7-8H2,1-2H3,(H,17,23)(H,20,21). The first kappa shape index (κ1) is 16.1. The first-order valence-corrected chi connectivity index (χ1v) is 7.86. The number of carbonyl (C=O) groups is 2. The Balaban J connectivity index is 1.74. The van der Waals surface area contributed by atoms with Crippen molar-refractivity contribution in [2.75, 3.05) is 20.1 Å². The Bertz CT molecular complexity index is 734. The number of H-pyrrole nitrogens is 1. The van der Waals surface area contributed by atoms with Gasteiger partial charge in [0.1, 0.15) is 5.69 Å². The maximum atomic E-state index is 12.5. The lowest BCUT2D eigenvalue weighted by Crippen LogP contribution is -2.45. The summed E-state index contributed by atoms with van der Waals surface area (Å²) in [5.74, 6) is -0.265. The Morgan fingerprint density at radius 1 is 1.25 bits per heavy atom. The van der Waals surface area contributed by atoms with Crippen molar-refractivity contribution < 1.29 is 9.59 Å². The van der Waals surface area contributed by atoms with Crippen molar-refractivity contribution in [2.24, 2.45) is 0 Å². The molecule has 1 saturated heterocycles. The topological polar surface area (TPSA) is 104 Å². The van der Waals surface area contributed by atoms with Crippen LogP contribution in [0.2, 0.25) is 0 Å². The normalized spacial score (nSPS) is 16.7. The van der Waals surface area contributed by atoms with Crippen molar-refractivity contribution in [1.29, 1.82) is 0 Å². The summed E-state index contributed by atoms with van der Waals surface area (Å²) in [6.45, 7) is 3.29. The smallest absolute Gasteiger partial charge is 0.274 e. The molecule has 1 aliphatic heterocycles. The van der Waals surface area contributed by atoms with Crippen LogP contribution in [-0.4, -0.2) is 57.0 Å². The molecule has 0 unspecified atom stereocenters. The molecule has 8 nitrogen and oxygen atoms in total. The van der Waals surface area contributed by atoms with Crippen LogP contribution in [-0.2, 0) is 5.41 Å². The maximum absolute atomic E-state index is 12.5. The van der Waals surface area contributed by atoms with E-state index in [4.69, 9.17) is 0 Å². The van der Waals surface area contributed by atoms with E-state index in [-0.39, 0.29) is 17.2 Å². The van der Waals surface area contributed by atoms with Gasteiger partial charge in [0.15, 0.2) is 0 Å².